The van der Waals surface area contributed by atoms with E-state index in [1.54, 1.807) is 0 Å². The van der Waals surface area contributed by atoms with Crippen LogP contribution in [0.4, 0.5) is 0 Å². The molecule has 4 nitrogen and oxygen atoms in total. The number of methoxy groups -OCH3 is 1. The molecule has 5 aliphatic rings. The molecule has 25 heavy (non-hydrogen) atoms. The highest BCUT2D eigenvalue weighted by Gasteiger charge is 2.74. The predicted molar refractivity (Wildman–Crippen MR) is 94.1 cm³/mol. The maximum Gasteiger partial charge on any atom is 0.165 e. The molecule has 0 radical (unpaired) electrons. The first-order valence-corrected chi connectivity index (χ1v) is 10.00. The SMILES string of the molecule is CO[C@]12CCC[C@H]3Oc4c(O)ccc5c4[C@]31CC(C5)[C@@H]2NCC1CC1. The van der Waals surface area contributed by atoms with E-state index < -0.39 is 0 Å². The molecule has 2 bridgehead atoms. The molecule has 0 aromatic heterocycles. The molecule has 1 aliphatic heterocycles. The monoisotopic (exact) mass is 341 g/mol. The molecule has 134 valence electrons. The van der Waals surface area contributed by atoms with Gasteiger partial charge in [0.05, 0.1) is 11.0 Å². The van der Waals surface area contributed by atoms with Crippen LogP contribution in [0, 0.1) is 11.8 Å². The molecule has 5 atom stereocenters. The van der Waals surface area contributed by atoms with Crippen LogP contribution in [0.15, 0.2) is 12.1 Å². The summed E-state index contributed by atoms with van der Waals surface area (Å²) in [5, 5.41) is 14.4. The summed E-state index contributed by atoms with van der Waals surface area (Å²) in [6.45, 7) is 1.13. The van der Waals surface area contributed by atoms with E-state index in [4.69, 9.17) is 9.47 Å². The van der Waals surface area contributed by atoms with Crippen molar-refractivity contribution >= 4 is 0 Å². The van der Waals surface area contributed by atoms with Crippen molar-refractivity contribution in [2.45, 2.75) is 68.1 Å². The molecule has 0 amide bonds. The van der Waals surface area contributed by atoms with Gasteiger partial charge in [-0.05, 0) is 75.0 Å². The zero-order valence-electron chi connectivity index (χ0n) is 14.9. The molecule has 1 aromatic rings. The Morgan fingerprint density at radius 2 is 2.20 bits per heavy atom. The minimum atomic E-state index is -0.195. The fourth-order valence-electron chi connectivity index (χ4n) is 6.94. The van der Waals surface area contributed by atoms with Crippen molar-refractivity contribution in [3.63, 3.8) is 0 Å². The van der Waals surface area contributed by atoms with Crippen LogP contribution < -0.4 is 10.1 Å². The maximum absolute atomic E-state index is 10.5. The molecule has 6 rings (SSSR count). The van der Waals surface area contributed by atoms with Gasteiger partial charge in [-0.1, -0.05) is 6.07 Å². The lowest BCUT2D eigenvalue weighted by atomic mass is 9.58. The lowest BCUT2D eigenvalue weighted by molar-refractivity contribution is -0.124. The van der Waals surface area contributed by atoms with E-state index in [0.29, 0.717) is 17.7 Å². The van der Waals surface area contributed by atoms with E-state index in [1.807, 2.05) is 13.2 Å². The van der Waals surface area contributed by atoms with Gasteiger partial charge in [0.2, 0.25) is 0 Å². The fourth-order valence-corrected chi connectivity index (χ4v) is 6.94. The van der Waals surface area contributed by atoms with Gasteiger partial charge in [-0.25, -0.2) is 0 Å². The van der Waals surface area contributed by atoms with Crippen molar-refractivity contribution < 1.29 is 14.6 Å². The molecule has 4 heteroatoms. The zero-order chi connectivity index (χ0) is 16.8. The van der Waals surface area contributed by atoms with Crippen LogP contribution in [0.1, 0.15) is 49.7 Å². The van der Waals surface area contributed by atoms with Crippen LogP contribution in [-0.4, -0.2) is 36.5 Å². The second-order valence-corrected chi connectivity index (χ2v) is 9.01. The van der Waals surface area contributed by atoms with Crippen molar-refractivity contribution in [1.82, 2.24) is 5.32 Å². The van der Waals surface area contributed by atoms with Crippen LogP contribution in [0.5, 0.6) is 11.5 Å². The highest BCUT2D eigenvalue weighted by molar-refractivity contribution is 5.62. The van der Waals surface area contributed by atoms with Gasteiger partial charge in [0.25, 0.3) is 0 Å². The first kappa shape index (κ1) is 14.9. The normalized spacial score (nSPS) is 43.0. The van der Waals surface area contributed by atoms with Crippen molar-refractivity contribution in [3.05, 3.63) is 23.3 Å². The number of phenolic OH excluding ortho intramolecular Hbond substituents is 1. The lowest BCUT2D eigenvalue weighted by Gasteiger charge is -2.51. The summed E-state index contributed by atoms with van der Waals surface area (Å²) in [6.07, 6.45) is 8.42. The van der Waals surface area contributed by atoms with E-state index in [9.17, 15) is 5.11 Å². The second-order valence-electron chi connectivity index (χ2n) is 9.01. The summed E-state index contributed by atoms with van der Waals surface area (Å²) in [5.74, 6) is 2.53. The van der Waals surface area contributed by atoms with Gasteiger partial charge in [0, 0.05) is 18.7 Å². The lowest BCUT2D eigenvalue weighted by Crippen LogP contribution is -2.64. The number of benzene rings is 1. The Labute approximate surface area is 148 Å². The molecule has 1 heterocycles. The first-order chi connectivity index (χ1) is 12.2. The smallest absolute Gasteiger partial charge is 0.165 e. The number of hydrogen-bond acceptors (Lipinski definition) is 4. The number of rotatable bonds is 4. The first-order valence-electron chi connectivity index (χ1n) is 10.00. The molecule has 3 saturated carbocycles. The average Bonchev–Trinajstić information content (AvgIpc) is 3.33. The Hall–Kier alpha value is -1.26. The molecule has 2 N–H and O–H groups in total. The fraction of sp³-hybridized carbons (Fsp3) is 0.714. The second kappa shape index (κ2) is 4.72. The Bertz CT molecular complexity index is 745. The van der Waals surface area contributed by atoms with E-state index in [0.717, 1.165) is 50.3 Å². The number of aromatic hydroxyl groups is 1. The van der Waals surface area contributed by atoms with E-state index in [-0.39, 0.29) is 17.1 Å². The number of ether oxygens (including phenoxy) is 2. The highest BCUT2D eigenvalue weighted by Crippen LogP contribution is 2.69. The van der Waals surface area contributed by atoms with Crippen LogP contribution >= 0.6 is 0 Å². The summed E-state index contributed by atoms with van der Waals surface area (Å²) in [7, 11) is 1.91. The molecule has 4 aliphatic carbocycles. The average molecular weight is 341 g/mol. The Kier molecular flexibility index (Phi) is 2.80. The quantitative estimate of drug-likeness (QED) is 0.884. The minimum Gasteiger partial charge on any atom is -0.504 e. The maximum atomic E-state index is 10.5. The third-order valence-electron chi connectivity index (χ3n) is 7.98. The Morgan fingerprint density at radius 3 is 3.00 bits per heavy atom. The topological polar surface area (TPSA) is 50.7 Å². The minimum absolute atomic E-state index is 0.0759. The van der Waals surface area contributed by atoms with Crippen molar-refractivity contribution in [3.8, 4) is 11.5 Å². The molecule has 3 fully saturated rings. The Balaban J connectivity index is 1.54. The molecule has 1 aromatic carbocycles. The molecule has 1 unspecified atom stereocenters. The van der Waals surface area contributed by atoms with E-state index >= 15 is 0 Å². The van der Waals surface area contributed by atoms with E-state index in [2.05, 4.69) is 11.4 Å². The van der Waals surface area contributed by atoms with Crippen molar-refractivity contribution in [1.29, 1.82) is 0 Å². The van der Waals surface area contributed by atoms with E-state index in [1.165, 1.54) is 24.0 Å². The van der Waals surface area contributed by atoms with Crippen molar-refractivity contribution in [2.24, 2.45) is 11.8 Å². The van der Waals surface area contributed by atoms with Gasteiger partial charge in [-0.15, -0.1) is 0 Å². The summed E-state index contributed by atoms with van der Waals surface area (Å²) in [4.78, 5) is 0. The molecule has 1 spiro atoms. The summed E-state index contributed by atoms with van der Waals surface area (Å²) in [6, 6.07) is 4.35. The van der Waals surface area contributed by atoms with Crippen LogP contribution in [-0.2, 0) is 16.6 Å². The molecular weight excluding hydrogens is 314 g/mol. The summed E-state index contributed by atoms with van der Waals surface area (Å²) >= 11 is 0. The van der Waals surface area contributed by atoms with Gasteiger partial charge in [0.15, 0.2) is 11.5 Å². The number of nitrogens with one attached hydrogen (secondary N) is 1. The van der Waals surface area contributed by atoms with Crippen LogP contribution in [0.25, 0.3) is 0 Å². The third kappa shape index (κ3) is 1.62. The summed E-state index contributed by atoms with van der Waals surface area (Å²) < 4.78 is 12.9. The van der Waals surface area contributed by atoms with Gasteiger partial charge < -0.3 is 19.9 Å². The van der Waals surface area contributed by atoms with Gasteiger partial charge in [-0.3, -0.25) is 0 Å². The number of hydrogen-bond donors (Lipinski definition) is 2. The van der Waals surface area contributed by atoms with Gasteiger partial charge >= 0.3 is 0 Å². The zero-order valence-corrected chi connectivity index (χ0v) is 14.9. The van der Waals surface area contributed by atoms with Crippen molar-refractivity contribution in [2.75, 3.05) is 13.7 Å². The van der Waals surface area contributed by atoms with Crippen LogP contribution in [0.2, 0.25) is 0 Å². The van der Waals surface area contributed by atoms with Crippen LogP contribution in [0.3, 0.4) is 0 Å². The van der Waals surface area contributed by atoms with Gasteiger partial charge in [-0.2, -0.15) is 0 Å². The standard InChI is InChI=1S/C21H27NO3/c1-24-21-8-2-3-16-20(21)10-14(19(21)22-11-12-4-5-12)9-13-6-7-15(23)18(25-16)17(13)20/h6-7,12,14,16,19,22-23H,2-5,8-11H2,1H3/t14?,16-,19+,20+,21+/m1/s1. The molecule has 0 saturated heterocycles. The number of fused-ring (bicyclic) bond motifs is 1. The Morgan fingerprint density at radius 1 is 1.32 bits per heavy atom. The largest absolute Gasteiger partial charge is 0.504 e. The molecular formula is C21H27NO3. The third-order valence-corrected chi connectivity index (χ3v) is 7.98. The highest BCUT2D eigenvalue weighted by atomic mass is 16.5. The number of phenols is 1. The summed E-state index contributed by atoms with van der Waals surface area (Å²) in [5.41, 5.74) is 2.39. The predicted octanol–water partition coefficient (Wildman–Crippen LogP) is 2.90. The van der Waals surface area contributed by atoms with Gasteiger partial charge in [0.1, 0.15) is 6.10 Å².